The van der Waals surface area contributed by atoms with E-state index in [1.54, 1.807) is 0 Å². The van der Waals surface area contributed by atoms with Crippen molar-refractivity contribution in [3.63, 3.8) is 0 Å². The van der Waals surface area contributed by atoms with E-state index < -0.39 is 5.82 Å². The van der Waals surface area contributed by atoms with Crippen molar-refractivity contribution < 1.29 is 13.5 Å². The van der Waals surface area contributed by atoms with Gasteiger partial charge in [-0.15, -0.1) is 10.2 Å². The predicted molar refractivity (Wildman–Crippen MR) is 83.6 cm³/mol. The molecule has 126 valence electrons. The molecule has 0 amide bonds. The molecule has 23 heavy (non-hydrogen) atoms. The Kier molecular flexibility index (Phi) is 6.04. The van der Waals surface area contributed by atoms with E-state index in [9.17, 15) is 4.39 Å². The Balaban J connectivity index is 2.03. The molecule has 0 fully saturated rings. The Morgan fingerprint density at radius 2 is 2.13 bits per heavy atom. The summed E-state index contributed by atoms with van der Waals surface area (Å²) in [5.74, 6) is 0.870. The molecule has 0 aromatic carbocycles. The van der Waals surface area contributed by atoms with Gasteiger partial charge in [0.1, 0.15) is 11.6 Å². The molecule has 0 radical (unpaired) electrons. The molecule has 1 unspecified atom stereocenters. The fraction of sp³-hybridized carbons (Fsp3) is 0.562. The summed E-state index contributed by atoms with van der Waals surface area (Å²) in [5.41, 5.74) is -0.163. The van der Waals surface area contributed by atoms with Crippen LogP contribution in [0, 0.1) is 5.82 Å². The van der Waals surface area contributed by atoms with Gasteiger partial charge in [-0.3, -0.25) is 4.98 Å². The average molecular weight is 322 g/mol. The molecule has 0 saturated heterocycles. The van der Waals surface area contributed by atoms with Gasteiger partial charge in [-0.25, -0.2) is 4.39 Å². The van der Waals surface area contributed by atoms with Crippen LogP contribution in [0.1, 0.15) is 44.9 Å². The lowest BCUT2D eigenvalue weighted by atomic mass is 9.82. The van der Waals surface area contributed by atoms with Crippen molar-refractivity contribution in [2.45, 2.75) is 45.1 Å². The third-order valence-electron chi connectivity index (χ3n) is 3.75. The number of halogens is 1. The van der Waals surface area contributed by atoms with Crippen molar-refractivity contribution in [2.24, 2.45) is 0 Å². The largest absolute Gasteiger partial charge is 0.482 e. The molecule has 7 heteroatoms. The number of nitrogens with one attached hydrogen (secondary N) is 1. The molecule has 0 saturated carbocycles. The molecule has 1 N–H and O–H groups in total. The van der Waals surface area contributed by atoms with Gasteiger partial charge in [-0.2, -0.15) is 0 Å². The van der Waals surface area contributed by atoms with Crippen molar-refractivity contribution in [1.29, 1.82) is 0 Å². The number of ether oxygens (including phenoxy) is 1. The Bertz CT molecular complexity index is 620. The van der Waals surface area contributed by atoms with Gasteiger partial charge in [-0.1, -0.05) is 20.3 Å². The molecule has 0 spiro atoms. The number of hydrogen-bond acceptors (Lipinski definition) is 6. The van der Waals surface area contributed by atoms with Crippen LogP contribution in [-0.2, 0) is 12.0 Å². The second-order valence-electron chi connectivity index (χ2n) is 5.79. The summed E-state index contributed by atoms with van der Waals surface area (Å²) >= 11 is 0. The van der Waals surface area contributed by atoms with E-state index in [0.717, 1.165) is 32.0 Å². The van der Waals surface area contributed by atoms with Gasteiger partial charge in [0.05, 0.1) is 12.4 Å². The van der Waals surface area contributed by atoms with Crippen molar-refractivity contribution in [3.8, 4) is 5.75 Å². The van der Waals surface area contributed by atoms with Crippen molar-refractivity contribution in [2.75, 3.05) is 13.6 Å². The number of pyridine rings is 1. The summed E-state index contributed by atoms with van der Waals surface area (Å²) in [6, 6.07) is 1.26. The highest BCUT2D eigenvalue weighted by Crippen LogP contribution is 2.31. The highest BCUT2D eigenvalue weighted by atomic mass is 19.1. The van der Waals surface area contributed by atoms with Gasteiger partial charge in [0.2, 0.25) is 5.89 Å². The minimum Gasteiger partial charge on any atom is -0.482 e. The van der Waals surface area contributed by atoms with Crippen LogP contribution in [0.15, 0.2) is 22.9 Å². The first kappa shape index (κ1) is 17.3. The average Bonchev–Trinajstić information content (AvgIpc) is 3.01. The Morgan fingerprint density at radius 1 is 1.30 bits per heavy atom. The van der Waals surface area contributed by atoms with Crippen LogP contribution < -0.4 is 10.1 Å². The van der Waals surface area contributed by atoms with E-state index in [2.05, 4.69) is 34.3 Å². The molecule has 2 aromatic rings. The van der Waals surface area contributed by atoms with Gasteiger partial charge < -0.3 is 14.5 Å². The van der Waals surface area contributed by atoms with Crippen molar-refractivity contribution in [1.82, 2.24) is 20.5 Å². The first-order valence-electron chi connectivity index (χ1n) is 7.78. The fourth-order valence-electron chi connectivity index (χ4n) is 2.46. The minimum atomic E-state index is -0.448. The minimum absolute atomic E-state index is 0.0896. The first-order chi connectivity index (χ1) is 11.1. The van der Waals surface area contributed by atoms with Crippen molar-refractivity contribution in [3.05, 3.63) is 36.1 Å². The summed E-state index contributed by atoms with van der Waals surface area (Å²) in [7, 11) is 1.92. The maximum Gasteiger partial charge on any atom is 0.253 e. The molecule has 1 atom stereocenters. The zero-order valence-corrected chi connectivity index (χ0v) is 13.8. The summed E-state index contributed by atoms with van der Waals surface area (Å²) in [5, 5.41) is 11.4. The van der Waals surface area contributed by atoms with Crippen LogP contribution in [0.2, 0.25) is 0 Å². The summed E-state index contributed by atoms with van der Waals surface area (Å²) < 4.78 is 24.2. The van der Waals surface area contributed by atoms with Gasteiger partial charge >= 0.3 is 0 Å². The Labute approximate surface area is 135 Å². The second kappa shape index (κ2) is 8.01. The van der Waals surface area contributed by atoms with Crippen LogP contribution in [0.3, 0.4) is 0 Å². The standard InChI is InChI=1S/C16H23FN4O2/c1-4-5-16(2,6-7-18-3)15-21-20-14(23-15)11-22-13-8-12(17)9-19-10-13/h8-10,18H,4-7,11H2,1-3H3. The highest BCUT2D eigenvalue weighted by Gasteiger charge is 2.31. The van der Waals surface area contributed by atoms with E-state index >= 15 is 0 Å². The maximum absolute atomic E-state index is 13.1. The van der Waals surface area contributed by atoms with E-state index in [-0.39, 0.29) is 12.0 Å². The number of rotatable bonds is 9. The number of hydrogen-bond donors (Lipinski definition) is 1. The molecule has 6 nitrogen and oxygen atoms in total. The quantitative estimate of drug-likeness (QED) is 0.765. The summed E-state index contributed by atoms with van der Waals surface area (Å²) in [6.45, 7) is 5.23. The Morgan fingerprint density at radius 3 is 2.83 bits per heavy atom. The molecule has 0 aliphatic rings. The molecule has 2 aromatic heterocycles. The third kappa shape index (κ3) is 4.72. The van der Waals surface area contributed by atoms with Crippen molar-refractivity contribution >= 4 is 0 Å². The summed E-state index contributed by atoms with van der Waals surface area (Å²) in [4.78, 5) is 3.73. The zero-order valence-electron chi connectivity index (χ0n) is 13.8. The topological polar surface area (TPSA) is 73.1 Å². The predicted octanol–water partition coefficient (Wildman–Crippen LogP) is 2.85. The van der Waals surface area contributed by atoms with Crippen LogP contribution in [0.25, 0.3) is 0 Å². The SMILES string of the molecule is CCCC(C)(CCNC)c1nnc(COc2cncc(F)c2)o1. The third-order valence-corrected chi connectivity index (χ3v) is 3.75. The smallest absolute Gasteiger partial charge is 0.253 e. The van der Waals surface area contributed by atoms with E-state index in [4.69, 9.17) is 9.15 Å². The Hall–Kier alpha value is -2.02. The molecular weight excluding hydrogens is 299 g/mol. The van der Waals surface area contributed by atoms with Crippen LogP contribution in [0.4, 0.5) is 4.39 Å². The molecule has 0 aliphatic heterocycles. The molecular formula is C16H23FN4O2. The van der Waals surface area contributed by atoms with Gasteiger partial charge in [0, 0.05) is 11.5 Å². The number of aromatic nitrogens is 3. The van der Waals surface area contributed by atoms with Gasteiger partial charge in [0.15, 0.2) is 6.61 Å². The van der Waals surface area contributed by atoms with Gasteiger partial charge in [0.25, 0.3) is 5.89 Å². The van der Waals surface area contributed by atoms with Crippen LogP contribution in [-0.4, -0.2) is 28.8 Å². The monoisotopic (exact) mass is 322 g/mol. The maximum atomic E-state index is 13.1. The fourth-order valence-corrected chi connectivity index (χ4v) is 2.46. The van der Waals surface area contributed by atoms with E-state index in [1.807, 2.05) is 7.05 Å². The number of nitrogens with zero attached hydrogens (tertiary/aromatic N) is 3. The highest BCUT2D eigenvalue weighted by molar-refractivity contribution is 5.16. The van der Waals surface area contributed by atoms with E-state index in [0.29, 0.717) is 17.5 Å². The van der Waals surface area contributed by atoms with Crippen LogP contribution >= 0.6 is 0 Å². The van der Waals surface area contributed by atoms with Gasteiger partial charge in [-0.05, 0) is 26.4 Å². The molecule has 2 rings (SSSR count). The lowest BCUT2D eigenvalue weighted by Crippen LogP contribution is -2.27. The lowest BCUT2D eigenvalue weighted by Gasteiger charge is -2.24. The molecule has 0 bridgehead atoms. The first-order valence-corrected chi connectivity index (χ1v) is 7.78. The summed E-state index contributed by atoms with van der Waals surface area (Å²) in [6.07, 6.45) is 5.46. The second-order valence-corrected chi connectivity index (χ2v) is 5.79. The van der Waals surface area contributed by atoms with E-state index in [1.165, 1.54) is 12.3 Å². The zero-order chi connectivity index (χ0) is 16.7. The normalized spacial score (nSPS) is 13.7. The van der Waals surface area contributed by atoms with Crippen LogP contribution in [0.5, 0.6) is 5.75 Å². The lowest BCUT2D eigenvalue weighted by molar-refractivity contribution is 0.237. The molecule has 2 heterocycles. The molecule has 0 aliphatic carbocycles.